The number of aryl methyl sites for hydroxylation is 1. The Balaban J connectivity index is 1.29. The molecule has 0 bridgehead atoms. The summed E-state index contributed by atoms with van der Waals surface area (Å²) in [6, 6.07) is 4.49. The smallest absolute Gasteiger partial charge is 0.370 e. The normalized spacial score (nSPS) is 23.2. The maximum atomic E-state index is 12.4. The molecule has 1 atom stereocenters. The first-order valence-corrected chi connectivity index (χ1v) is 9.79. The van der Waals surface area contributed by atoms with Crippen molar-refractivity contribution in [2.75, 3.05) is 26.2 Å². The van der Waals surface area contributed by atoms with Gasteiger partial charge in [-0.25, -0.2) is 0 Å². The first-order chi connectivity index (χ1) is 12.2. The molecule has 3 heterocycles. The zero-order valence-corrected chi connectivity index (χ0v) is 15.2. The van der Waals surface area contributed by atoms with Crippen LogP contribution < -0.4 is 9.97 Å². The van der Waals surface area contributed by atoms with E-state index in [1.54, 1.807) is 0 Å². The Bertz CT molecular complexity index is 637. The molecule has 4 nitrogen and oxygen atoms in total. The van der Waals surface area contributed by atoms with Crippen LogP contribution in [0.1, 0.15) is 36.0 Å². The van der Waals surface area contributed by atoms with Gasteiger partial charge >= 0.3 is 7.48 Å². The lowest BCUT2D eigenvalue weighted by Gasteiger charge is -2.40. The summed E-state index contributed by atoms with van der Waals surface area (Å²) in [6.07, 6.45) is 6.26. The van der Waals surface area contributed by atoms with E-state index in [1.807, 2.05) is 7.48 Å². The van der Waals surface area contributed by atoms with Crippen LogP contribution in [-0.4, -0.2) is 44.5 Å². The van der Waals surface area contributed by atoms with E-state index in [1.165, 1.54) is 29.5 Å². The van der Waals surface area contributed by atoms with Gasteiger partial charge < -0.3 is 14.9 Å². The molecule has 3 aliphatic rings. The Morgan fingerprint density at radius 2 is 2.24 bits per heavy atom. The van der Waals surface area contributed by atoms with Gasteiger partial charge in [-0.1, -0.05) is 12.1 Å². The highest BCUT2D eigenvalue weighted by Crippen LogP contribution is 2.33. The molecule has 1 amide bonds. The molecule has 2 fully saturated rings. The summed E-state index contributed by atoms with van der Waals surface area (Å²) in [7, 11) is 1.92. The average molecular weight is 339 g/mol. The SMILES string of the molecule is Cc1c(CC2CN(C(=O)CC3CCCNC3)C2)ccc2c1O[B]CC2. The van der Waals surface area contributed by atoms with Crippen molar-refractivity contribution in [3.63, 3.8) is 0 Å². The van der Waals surface area contributed by atoms with Gasteiger partial charge in [0.05, 0.1) is 0 Å². The second-order valence-corrected chi connectivity index (χ2v) is 7.95. The molecular weight excluding hydrogens is 311 g/mol. The van der Waals surface area contributed by atoms with E-state index < -0.39 is 0 Å². The number of carbonyl (C=O) groups excluding carboxylic acids is 1. The molecule has 0 aromatic heterocycles. The van der Waals surface area contributed by atoms with E-state index in [2.05, 4.69) is 29.3 Å². The summed E-state index contributed by atoms with van der Waals surface area (Å²) in [5.74, 6) is 2.56. The second-order valence-electron chi connectivity index (χ2n) is 7.95. The third-order valence-corrected chi connectivity index (χ3v) is 6.01. The van der Waals surface area contributed by atoms with Crippen LogP contribution in [0.15, 0.2) is 12.1 Å². The van der Waals surface area contributed by atoms with Crippen molar-refractivity contribution < 1.29 is 9.45 Å². The number of carbonyl (C=O) groups is 1. The number of piperidine rings is 1. The number of nitrogens with one attached hydrogen (secondary N) is 1. The van der Waals surface area contributed by atoms with Gasteiger partial charge in [-0.15, -0.1) is 0 Å². The monoisotopic (exact) mass is 339 g/mol. The van der Waals surface area contributed by atoms with Crippen LogP contribution in [-0.2, 0) is 17.6 Å². The highest BCUT2D eigenvalue weighted by atomic mass is 16.4. The van der Waals surface area contributed by atoms with Gasteiger partial charge in [-0.05, 0) is 80.5 Å². The van der Waals surface area contributed by atoms with Gasteiger partial charge in [-0.3, -0.25) is 4.79 Å². The molecule has 25 heavy (non-hydrogen) atoms. The first kappa shape index (κ1) is 17.0. The molecule has 5 heteroatoms. The standard InChI is InChI=1S/C20H28BN2O2/c1-14-18(5-4-17-6-7-21-25-20(14)17)9-16-12-23(13-16)19(24)10-15-3-2-8-22-11-15/h4-5,15-16,22H,2-3,6-13H2,1H3. The minimum absolute atomic E-state index is 0.352. The molecule has 0 spiro atoms. The Labute approximate surface area is 151 Å². The summed E-state index contributed by atoms with van der Waals surface area (Å²) in [5, 5.41) is 3.40. The topological polar surface area (TPSA) is 41.6 Å². The Hall–Kier alpha value is -1.49. The highest BCUT2D eigenvalue weighted by molar-refractivity contribution is 6.29. The minimum Gasteiger partial charge on any atom is -0.563 e. The largest absolute Gasteiger partial charge is 0.563 e. The van der Waals surface area contributed by atoms with Crippen molar-refractivity contribution in [3.05, 3.63) is 28.8 Å². The first-order valence-electron chi connectivity index (χ1n) is 9.79. The van der Waals surface area contributed by atoms with Crippen LogP contribution in [0.5, 0.6) is 5.75 Å². The Morgan fingerprint density at radius 3 is 3.04 bits per heavy atom. The van der Waals surface area contributed by atoms with Gasteiger partial charge in [0.15, 0.2) is 0 Å². The molecule has 0 saturated carbocycles. The van der Waals surface area contributed by atoms with Crippen molar-refractivity contribution in [1.82, 2.24) is 10.2 Å². The van der Waals surface area contributed by atoms with Gasteiger partial charge in [0, 0.05) is 19.5 Å². The Morgan fingerprint density at radius 1 is 1.36 bits per heavy atom. The van der Waals surface area contributed by atoms with Crippen molar-refractivity contribution in [3.8, 4) is 5.75 Å². The molecular formula is C20H28BN2O2. The van der Waals surface area contributed by atoms with E-state index >= 15 is 0 Å². The number of likely N-dealkylation sites (tertiary alicyclic amines) is 1. The quantitative estimate of drug-likeness (QED) is 0.857. The van der Waals surface area contributed by atoms with Crippen molar-refractivity contribution >= 4 is 13.4 Å². The molecule has 4 rings (SSSR count). The summed E-state index contributed by atoms with van der Waals surface area (Å²) >= 11 is 0. The number of nitrogens with zero attached hydrogens (tertiary/aromatic N) is 1. The third-order valence-electron chi connectivity index (χ3n) is 6.01. The number of hydrogen-bond donors (Lipinski definition) is 1. The van der Waals surface area contributed by atoms with E-state index in [0.29, 0.717) is 17.7 Å². The predicted molar refractivity (Wildman–Crippen MR) is 100 cm³/mol. The van der Waals surface area contributed by atoms with Crippen molar-refractivity contribution in [1.29, 1.82) is 0 Å². The highest BCUT2D eigenvalue weighted by Gasteiger charge is 2.32. The maximum Gasteiger partial charge on any atom is 0.370 e. The van der Waals surface area contributed by atoms with Crippen LogP contribution in [0.25, 0.3) is 0 Å². The van der Waals surface area contributed by atoms with E-state index in [-0.39, 0.29) is 0 Å². The van der Waals surface area contributed by atoms with Crippen LogP contribution in [0.2, 0.25) is 6.32 Å². The Kier molecular flexibility index (Phi) is 5.02. The maximum absolute atomic E-state index is 12.4. The van der Waals surface area contributed by atoms with Gasteiger partial charge in [-0.2, -0.15) is 0 Å². The lowest BCUT2D eigenvalue weighted by atomic mass is 9.83. The number of hydrogen-bond acceptors (Lipinski definition) is 3. The van der Waals surface area contributed by atoms with Crippen molar-refractivity contribution in [2.24, 2.45) is 11.8 Å². The molecule has 1 N–H and O–H groups in total. The van der Waals surface area contributed by atoms with Gasteiger partial charge in [0.2, 0.25) is 5.91 Å². The van der Waals surface area contributed by atoms with Gasteiger partial charge in [0.25, 0.3) is 0 Å². The summed E-state index contributed by atoms with van der Waals surface area (Å²) in [6.45, 7) is 6.13. The van der Waals surface area contributed by atoms with Gasteiger partial charge in [0.1, 0.15) is 5.75 Å². The molecule has 1 radical (unpaired) electrons. The summed E-state index contributed by atoms with van der Waals surface area (Å²) in [4.78, 5) is 14.5. The lowest BCUT2D eigenvalue weighted by molar-refractivity contribution is -0.138. The van der Waals surface area contributed by atoms with Crippen LogP contribution in [0.4, 0.5) is 0 Å². The molecule has 2 saturated heterocycles. The fourth-order valence-corrected chi connectivity index (χ4v) is 4.42. The minimum atomic E-state index is 0.352. The zero-order chi connectivity index (χ0) is 17.2. The number of benzene rings is 1. The summed E-state index contributed by atoms with van der Waals surface area (Å²) in [5.41, 5.74) is 3.99. The predicted octanol–water partition coefficient (Wildman–Crippen LogP) is 2.36. The van der Waals surface area contributed by atoms with E-state index in [4.69, 9.17) is 4.65 Å². The van der Waals surface area contributed by atoms with Crippen LogP contribution >= 0.6 is 0 Å². The molecule has 133 valence electrons. The second kappa shape index (κ2) is 7.41. The molecule has 1 unspecified atom stereocenters. The molecule has 3 aliphatic heterocycles. The molecule has 0 aliphatic carbocycles. The van der Waals surface area contributed by atoms with Crippen LogP contribution in [0, 0.1) is 18.8 Å². The fourth-order valence-electron chi connectivity index (χ4n) is 4.42. The van der Waals surface area contributed by atoms with E-state index in [0.717, 1.165) is 57.5 Å². The number of amides is 1. The molecule has 1 aromatic carbocycles. The van der Waals surface area contributed by atoms with Crippen LogP contribution in [0.3, 0.4) is 0 Å². The van der Waals surface area contributed by atoms with E-state index in [9.17, 15) is 4.79 Å². The molecule has 1 aromatic rings. The third kappa shape index (κ3) is 3.71. The summed E-state index contributed by atoms with van der Waals surface area (Å²) < 4.78 is 5.78. The number of rotatable bonds is 4. The average Bonchev–Trinajstić information content (AvgIpc) is 2.60. The zero-order valence-electron chi connectivity index (χ0n) is 15.2. The lowest BCUT2D eigenvalue weighted by Crippen LogP contribution is -2.51. The number of fused-ring (bicyclic) bond motifs is 1. The van der Waals surface area contributed by atoms with Crippen molar-refractivity contribution in [2.45, 2.75) is 45.3 Å². The fraction of sp³-hybridized carbons (Fsp3) is 0.650.